The number of carbonyl (C=O) groups excluding carboxylic acids is 3. The number of esters is 1. The molecule has 1 aromatic carbocycles. The number of nitrogens with one attached hydrogen (secondary N) is 1. The number of amides is 2. The third kappa shape index (κ3) is 6.08. The largest absolute Gasteiger partial charge is 0.462 e. The van der Waals surface area contributed by atoms with Gasteiger partial charge in [-0.1, -0.05) is 0 Å². The number of rotatable bonds is 7. The lowest BCUT2D eigenvalue weighted by Gasteiger charge is -2.41. The molecule has 0 saturated carbocycles. The van der Waals surface area contributed by atoms with Crippen LogP contribution in [0.2, 0.25) is 0 Å². The standard InChI is InChI=1S/C26H37FN4O5/c1-3-35-25(34)28-17-23(32)30-12-9-26(10-13-30)16-22(36-24(26)33)8-11-29-14-15-31(19(2)18-29)21-6-4-20(27)5-7-21/h4-7,19,22H,3,8-18H2,1-2H3,(H,28,34)/t19-,22+/m1/s1. The van der Waals surface area contributed by atoms with Gasteiger partial charge < -0.3 is 24.6 Å². The van der Waals surface area contributed by atoms with Crippen LogP contribution in [0.3, 0.4) is 0 Å². The predicted molar refractivity (Wildman–Crippen MR) is 132 cm³/mol. The Morgan fingerprint density at radius 3 is 2.56 bits per heavy atom. The summed E-state index contributed by atoms with van der Waals surface area (Å²) in [6.45, 7) is 8.53. The monoisotopic (exact) mass is 504 g/mol. The summed E-state index contributed by atoms with van der Waals surface area (Å²) in [5.41, 5.74) is 0.529. The molecule has 2 amide bonds. The van der Waals surface area contributed by atoms with Gasteiger partial charge in [0.15, 0.2) is 0 Å². The van der Waals surface area contributed by atoms with Crippen LogP contribution >= 0.6 is 0 Å². The average molecular weight is 505 g/mol. The summed E-state index contributed by atoms with van der Waals surface area (Å²) in [4.78, 5) is 43.0. The van der Waals surface area contributed by atoms with E-state index < -0.39 is 11.5 Å². The summed E-state index contributed by atoms with van der Waals surface area (Å²) in [6, 6.07) is 6.96. The Bertz CT molecular complexity index is 935. The summed E-state index contributed by atoms with van der Waals surface area (Å²) in [6.07, 6.45) is 1.95. The van der Waals surface area contributed by atoms with E-state index in [0.717, 1.165) is 38.3 Å². The summed E-state index contributed by atoms with van der Waals surface area (Å²) in [7, 11) is 0. The number of carbonyl (C=O) groups is 3. The van der Waals surface area contributed by atoms with Crippen molar-refractivity contribution in [1.29, 1.82) is 0 Å². The molecule has 198 valence electrons. The van der Waals surface area contributed by atoms with E-state index in [2.05, 4.69) is 22.0 Å². The number of cyclic esters (lactones) is 1. The smallest absolute Gasteiger partial charge is 0.407 e. The zero-order chi connectivity index (χ0) is 25.7. The lowest BCUT2D eigenvalue weighted by atomic mass is 9.75. The minimum Gasteiger partial charge on any atom is -0.462 e. The fraction of sp³-hybridized carbons (Fsp3) is 0.654. The van der Waals surface area contributed by atoms with Gasteiger partial charge in [0.05, 0.1) is 12.0 Å². The van der Waals surface area contributed by atoms with Crippen LogP contribution in [0, 0.1) is 11.2 Å². The number of ether oxygens (including phenoxy) is 2. The Hall–Kier alpha value is -2.88. The molecule has 2 atom stereocenters. The van der Waals surface area contributed by atoms with Crippen LogP contribution in [-0.4, -0.2) is 92.3 Å². The first-order chi connectivity index (χ1) is 17.3. The molecule has 36 heavy (non-hydrogen) atoms. The number of piperazine rings is 1. The Morgan fingerprint density at radius 1 is 1.17 bits per heavy atom. The number of anilines is 1. The number of halogens is 1. The van der Waals surface area contributed by atoms with Crippen LogP contribution in [0.5, 0.6) is 0 Å². The van der Waals surface area contributed by atoms with Crippen molar-refractivity contribution in [2.24, 2.45) is 5.41 Å². The van der Waals surface area contributed by atoms with E-state index in [1.165, 1.54) is 12.1 Å². The maximum absolute atomic E-state index is 13.3. The lowest BCUT2D eigenvalue weighted by Crippen LogP contribution is -2.52. The van der Waals surface area contributed by atoms with Crippen molar-refractivity contribution in [2.75, 3.05) is 57.3 Å². The lowest BCUT2D eigenvalue weighted by molar-refractivity contribution is -0.152. The Kier molecular flexibility index (Phi) is 8.33. The van der Waals surface area contributed by atoms with Crippen LogP contribution < -0.4 is 10.2 Å². The third-order valence-electron chi connectivity index (χ3n) is 7.69. The second-order valence-corrected chi connectivity index (χ2v) is 10.1. The molecule has 1 N–H and O–H groups in total. The highest BCUT2D eigenvalue weighted by molar-refractivity contribution is 5.83. The minimum absolute atomic E-state index is 0.101. The predicted octanol–water partition coefficient (Wildman–Crippen LogP) is 2.40. The molecule has 0 radical (unpaired) electrons. The number of nitrogens with zero attached hydrogens (tertiary/aromatic N) is 3. The molecule has 4 rings (SSSR count). The number of hydrogen-bond donors (Lipinski definition) is 1. The van der Waals surface area contributed by atoms with Crippen LogP contribution in [0.15, 0.2) is 24.3 Å². The fourth-order valence-corrected chi connectivity index (χ4v) is 5.61. The van der Waals surface area contributed by atoms with Crippen molar-refractivity contribution in [2.45, 2.75) is 51.7 Å². The molecule has 3 fully saturated rings. The van der Waals surface area contributed by atoms with Gasteiger partial charge in [0, 0.05) is 57.4 Å². The minimum atomic E-state index is -0.604. The summed E-state index contributed by atoms with van der Waals surface area (Å²) >= 11 is 0. The van der Waals surface area contributed by atoms with E-state index in [0.29, 0.717) is 38.4 Å². The molecule has 0 bridgehead atoms. The van der Waals surface area contributed by atoms with E-state index in [1.807, 2.05) is 12.1 Å². The number of hydrogen-bond acceptors (Lipinski definition) is 7. The highest BCUT2D eigenvalue weighted by atomic mass is 19.1. The molecule has 0 aromatic heterocycles. The highest BCUT2D eigenvalue weighted by Gasteiger charge is 2.50. The molecule has 3 aliphatic rings. The maximum atomic E-state index is 13.3. The molecule has 3 saturated heterocycles. The van der Waals surface area contributed by atoms with Gasteiger partial charge in [0.1, 0.15) is 18.5 Å². The van der Waals surface area contributed by atoms with E-state index in [-0.39, 0.29) is 36.9 Å². The molecule has 3 aliphatic heterocycles. The van der Waals surface area contributed by atoms with E-state index in [4.69, 9.17) is 9.47 Å². The third-order valence-corrected chi connectivity index (χ3v) is 7.69. The van der Waals surface area contributed by atoms with Crippen molar-refractivity contribution in [3.63, 3.8) is 0 Å². The fourth-order valence-electron chi connectivity index (χ4n) is 5.61. The van der Waals surface area contributed by atoms with Gasteiger partial charge in [-0.3, -0.25) is 14.5 Å². The van der Waals surface area contributed by atoms with Crippen molar-refractivity contribution in [1.82, 2.24) is 15.1 Å². The van der Waals surface area contributed by atoms with Crippen LogP contribution in [0.4, 0.5) is 14.9 Å². The molecule has 1 aromatic rings. The van der Waals surface area contributed by atoms with Crippen LogP contribution in [0.1, 0.15) is 39.5 Å². The molecule has 3 heterocycles. The Labute approximate surface area is 211 Å². The topological polar surface area (TPSA) is 91.4 Å². The molecule has 10 heteroatoms. The van der Waals surface area contributed by atoms with E-state index in [1.54, 1.807) is 11.8 Å². The molecular weight excluding hydrogens is 467 g/mol. The van der Waals surface area contributed by atoms with Gasteiger partial charge in [0.2, 0.25) is 5.91 Å². The first-order valence-electron chi connectivity index (χ1n) is 12.9. The summed E-state index contributed by atoms with van der Waals surface area (Å²) in [5, 5.41) is 2.46. The van der Waals surface area contributed by atoms with Crippen molar-refractivity contribution < 1.29 is 28.2 Å². The normalized spacial score (nSPS) is 24.0. The Morgan fingerprint density at radius 2 is 1.89 bits per heavy atom. The summed E-state index contributed by atoms with van der Waals surface area (Å²) < 4.78 is 23.8. The van der Waals surface area contributed by atoms with Gasteiger partial charge >= 0.3 is 12.1 Å². The van der Waals surface area contributed by atoms with Crippen molar-refractivity contribution in [3.8, 4) is 0 Å². The van der Waals surface area contributed by atoms with Gasteiger partial charge in [-0.2, -0.15) is 0 Å². The zero-order valence-corrected chi connectivity index (χ0v) is 21.2. The second kappa shape index (κ2) is 11.5. The SMILES string of the molecule is CCOC(=O)NCC(=O)N1CCC2(CC1)C[C@H](CCN1CCN(c3ccc(F)cc3)[C@H](C)C1)OC2=O. The van der Waals surface area contributed by atoms with Crippen LogP contribution in [-0.2, 0) is 19.1 Å². The number of piperidine rings is 1. The number of alkyl carbamates (subject to hydrolysis) is 1. The molecule has 1 spiro atoms. The molecule has 9 nitrogen and oxygen atoms in total. The summed E-state index contributed by atoms with van der Waals surface area (Å²) in [5.74, 6) is -0.536. The first kappa shape index (κ1) is 26.2. The molecular formula is C26H37FN4O5. The zero-order valence-electron chi connectivity index (χ0n) is 21.2. The number of benzene rings is 1. The molecule has 0 aliphatic carbocycles. The van der Waals surface area contributed by atoms with Gasteiger partial charge in [-0.05, 0) is 57.4 Å². The average Bonchev–Trinajstić information content (AvgIpc) is 3.17. The highest BCUT2D eigenvalue weighted by Crippen LogP contribution is 2.44. The maximum Gasteiger partial charge on any atom is 0.407 e. The number of likely N-dealkylation sites (tertiary alicyclic amines) is 1. The van der Waals surface area contributed by atoms with E-state index in [9.17, 15) is 18.8 Å². The first-order valence-corrected chi connectivity index (χ1v) is 12.9. The second-order valence-electron chi connectivity index (χ2n) is 10.1. The van der Waals surface area contributed by atoms with Gasteiger partial charge in [0.25, 0.3) is 0 Å². The van der Waals surface area contributed by atoms with Gasteiger partial charge in [-0.25, -0.2) is 9.18 Å². The van der Waals surface area contributed by atoms with Crippen molar-refractivity contribution in [3.05, 3.63) is 30.1 Å². The molecule has 0 unspecified atom stereocenters. The van der Waals surface area contributed by atoms with Gasteiger partial charge in [-0.15, -0.1) is 0 Å². The van der Waals surface area contributed by atoms with Crippen molar-refractivity contribution >= 4 is 23.7 Å². The van der Waals surface area contributed by atoms with Crippen LogP contribution in [0.25, 0.3) is 0 Å². The quantitative estimate of drug-likeness (QED) is 0.570. The Balaban J connectivity index is 1.20. The van der Waals surface area contributed by atoms with E-state index >= 15 is 0 Å².